The summed E-state index contributed by atoms with van der Waals surface area (Å²) in [5.74, 6) is 3.28. The van der Waals surface area contributed by atoms with E-state index < -0.39 is 14.2 Å². The molecule has 1 amide bonds. The number of carbonyl (C=O) groups is 1. The van der Waals surface area contributed by atoms with Crippen molar-refractivity contribution in [2.75, 3.05) is 0 Å². The normalized spacial score (nSPS) is 16.4. The Hall–Kier alpha value is -1.02. The van der Waals surface area contributed by atoms with Crippen LogP contribution in [0.25, 0.3) is 0 Å². The molecule has 1 heterocycles. The highest BCUT2D eigenvalue weighted by atomic mass is 31.1. The second-order valence-corrected chi connectivity index (χ2v) is 2.98. The van der Waals surface area contributed by atoms with Crippen LogP contribution in [0.4, 0.5) is 4.79 Å². The summed E-state index contributed by atoms with van der Waals surface area (Å²) >= 11 is 0. The molecule has 4 nitrogen and oxygen atoms in total. The third-order valence-electron chi connectivity index (χ3n) is 0.768. The summed E-state index contributed by atoms with van der Waals surface area (Å²) < 4.78 is 9.35. The molecule has 2 N–H and O–H groups in total. The molecule has 0 aromatic heterocycles. The van der Waals surface area contributed by atoms with Crippen molar-refractivity contribution in [1.29, 1.82) is 0 Å². The Kier molecular flexibility index (Phi) is 2.29. The van der Waals surface area contributed by atoms with E-state index in [1.165, 1.54) is 12.5 Å². The summed E-state index contributed by atoms with van der Waals surface area (Å²) in [5.41, 5.74) is 4.77. The van der Waals surface area contributed by atoms with Crippen LogP contribution in [0.2, 0.25) is 0 Å². The van der Waals surface area contributed by atoms with Crippen LogP contribution in [-0.2, 0) is 9.26 Å². The van der Waals surface area contributed by atoms with Gasteiger partial charge in [0.05, 0.1) is 12.5 Å². The number of primary amides is 1. The van der Waals surface area contributed by atoms with Gasteiger partial charge in [-0.05, 0) is 0 Å². The van der Waals surface area contributed by atoms with E-state index in [0.717, 1.165) is 0 Å². The topological polar surface area (TPSA) is 61.6 Å². The predicted octanol–water partition coefficient (Wildman–Crippen LogP) is 1.45. The maximum absolute atomic E-state index is 10.2. The summed E-state index contributed by atoms with van der Waals surface area (Å²) in [6.45, 7) is 0. The average Bonchev–Trinajstić information content (AvgIpc) is 1.88. The Morgan fingerprint density at radius 2 is 2.10 bits per heavy atom. The molecule has 10 heavy (non-hydrogen) atoms. The van der Waals surface area contributed by atoms with E-state index in [1.54, 1.807) is 11.6 Å². The molecule has 0 aliphatic carbocycles. The predicted molar refractivity (Wildman–Crippen MR) is 37.0 cm³/mol. The number of ether oxygens (including phenoxy) is 1. The van der Waals surface area contributed by atoms with Crippen molar-refractivity contribution in [1.82, 2.24) is 0 Å². The van der Waals surface area contributed by atoms with Gasteiger partial charge >= 0.3 is 6.09 Å². The number of nitrogens with two attached hydrogens (primary N) is 1. The molecule has 0 aromatic carbocycles. The second kappa shape index (κ2) is 3.22. The molecule has 0 saturated carbocycles. The molecule has 0 saturated heterocycles. The van der Waals surface area contributed by atoms with Crippen LogP contribution in [0.3, 0.4) is 0 Å². The minimum atomic E-state index is -0.972. The maximum Gasteiger partial charge on any atom is 0.407 e. The quantitative estimate of drug-likeness (QED) is 0.589. The van der Waals surface area contributed by atoms with Gasteiger partial charge in [-0.15, -0.1) is 0 Å². The molecule has 0 bridgehead atoms. The lowest BCUT2D eigenvalue weighted by molar-refractivity contribution is 0.216. The van der Waals surface area contributed by atoms with Crippen LogP contribution in [0.15, 0.2) is 24.2 Å². The average molecular weight is 159 g/mol. The molecule has 1 rings (SSSR count). The van der Waals surface area contributed by atoms with Gasteiger partial charge in [0.25, 0.3) is 0 Å². The zero-order chi connectivity index (χ0) is 7.40. The summed E-state index contributed by atoms with van der Waals surface area (Å²) in [6, 6.07) is 0. The smallest absolute Gasteiger partial charge is 0.407 e. The second-order valence-electron chi connectivity index (χ2n) is 1.48. The van der Waals surface area contributed by atoms with Gasteiger partial charge in [-0.2, -0.15) is 0 Å². The number of rotatable bonds is 1. The molecule has 0 unspecified atom stereocenters. The van der Waals surface area contributed by atoms with Crippen LogP contribution in [0, 0.1) is 0 Å². The fourth-order valence-electron chi connectivity index (χ4n) is 0.450. The van der Waals surface area contributed by atoms with Crippen LogP contribution in [0.5, 0.6) is 0 Å². The molecule has 1 aliphatic rings. The summed E-state index contributed by atoms with van der Waals surface area (Å²) in [6.07, 6.45) is 2.14. The van der Waals surface area contributed by atoms with Gasteiger partial charge in [-0.3, -0.25) is 0 Å². The summed E-state index contributed by atoms with van der Waals surface area (Å²) in [5, 5.41) is 0. The molecular formula is C5H6NO3P. The Morgan fingerprint density at radius 1 is 1.50 bits per heavy atom. The van der Waals surface area contributed by atoms with E-state index in [2.05, 4.69) is 4.52 Å². The lowest BCUT2D eigenvalue weighted by Crippen LogP contribution is -2.08. The van der Waals surface area contributed by atoms with E-state index in [0.29, 0.717) is 0 Å². The Bertz CT molecular complexity index is 177. The standard InChI is InChI=1S/C5H6NO3P/c6-5(7)9-10-3-1-8-2-4-10/h1-4H,(H2,6,7). The highest BCUT2D eigenvalue weighted by Crippen LogP contribution is 2.41. The summed E-state index contributed by atoms with van der Waals surface area (Å²) in [4.78, 5) is 10.2. The molecule has 0 fully saturated rings. The van der Waals surface area contributed by atoms with E-state index in [9.17, 15) is 4.79 Å². The lowest BCUT2D eigenvalue weighted by Gasteiger charge is -2.08. The van der Waals surface area contributed by atoms with Gasteiger partial charge < -0.3 is 15.0 Å². The first-order valence-electron chi connectivity index (χ1n) is 2.53. The number of hydrogen-bond acceptors (Lipinski definition) is 3. The summed E-state index contributed by atoms with van der Waals surface area (Å²) in [7, 11) is -0.972. The van der Waals surface area contributed by atoms with Crippen molar-refractivity contribution >= 4 is 14.2 Å². The highest BCUT2D eigenvalue weighted by molar-refractivity contribution is 7.59. The van der Waals surface area contributed by atoms with Gasteiger partial charge in [0.15, 0.2) is 0 Å². The third-order valence-corrected chi connectivity index (χ3v) is 1.99. The molecule has 54 valence electrons. The molecule has 0 radical (unpaired) electrons. The minimum absolute atomic E-state index is 0.762. The fraction of sp³-hybridized carbons (Fsp3) is 0. The zero-order valence-electron chi connectivity index (χ0n) is 5.06. The molecular weight excluding hydrogens is 153 g/mol. The van der Waals surface area contributed by atoms with E-state index >= 15 is 0 Å². The third kappa shape index (κ3) is 2.07. The van der Waals surface area contributed by atoms with Crippen molar-refractivity contribution in [3.8, 4) is 0 Å². The van der Waals surface area contributed by atoms with Crippen molar-refractivity contribution in [2.24, 2.45) is 5.73 Å². The first kappa shape index (κ1) is 7.09. The number of carbonyl (C=O) groups excluding carboxylic acids is 1. The monoisotopic (exact) mass is 159 g/mol. The van der Waals surface area contributed by atoms with Gasteiger partial charge in [0.1, 0.15) is 8.15 Å². The van der Waals surface area contributed by atoms with Crippen LogP contribution < -0.4 is 5.73 Å². The van der Waals surface area contributed by atoms with Gasteiger partial charge in [-0.25, -0.2) is 4.79 Å². The molecule has 0 aromatic rings. The number of hydrogen-bond donors (Lipinski definition) is 1. The SMILES string of the molecule is NC(=O)OP1C=COC=C1. The first-order chi connectivity index (χ1) is 4.79. The van der Waals surface area contributed by atoms with Crippen molar-refractivity contribution in [2.45, 2.75) is 0 Å². The zero-order valence-corrected chi connectivity index (χ0v) is 5.95. The Labute approximate surface area is 59.1 Å². The lowest BCUT2D eigenvalue weighted by atomic mass is 11.0. The first-order valence-corrected chi connectivity index (χ1v) is 3.93. The largest absolute Gasteiger partial charge is 0.472 e. The van der Waals surface area contributed by atoms with E-state index in [4.69, 9.17) is 10.5 Å². The Balaban J connectivity index is 2.40. The Morgan fingerprint density at radius 3 is 2.60 bits per heavy atom. The van der Waals surface area contributed by atoms with Gasteiger partial charge in [0.2, 0.25) is 0 Å². The highest BCUT2D eigenvalue weighted by Gasteiger charge is 2.06. The maximum atomic E-state index is 10.2. The van der Waals surface area contributed by atoms with Crippen LogP contribution in [0.1, 0.15) is 0 Å². The number of amides is 1. The van der Waals surface area contributed by atoms with Gasteiger partial charge in [0, 0.05) is 11.6 Å². The van der Waals surface area contributed by atoms with Crippen LogP contribution >= 0.6 is 8.15 Å². The minimum Gasteiger partial charge on any atom is -0.472 e. The molecule has 0 atom stereocenters. The van der Waals surface area contributed by atoms with E-state index in [-0.39, 0.29) is 0 Å². The van der Waals surface area contributed by atoms with Crippen molar-refractivity contribution < 1.29 is 14.1 Å². The molecule has 0 spiro atoms. The van der Waals surface area contributed by atoms with Crippen LogP contribution in [-0.4, -0.2) is 6.09 Å². The van der Waals surface area contributed by atoms with Crippen molar-refractivity contribution in [3.05, 3.63) is 24.2 Å². The molecule has 1 aliphatic heterocycles. The fourth-order valence-corrected chi connectivity index (χ4v) is 1.26. The van der Waals surface area contributed by atoms with E-state index in [1.807, 2.05) is 0 Å². The van der Waals surface area contributed by atoms with Gasteiger partial charge in [-0.1, -0.05) is 0 Å². The molecule has 5 heteroatoms. The van der Waals surface area contributed by atoms with Crippen molar-refractivity contribution in [3.63, 3.8) is 0 Å².